The molecule has 1 N–H and O–H groups in total. The molecule has 32 heavy (non-hydrogen) atoms. The van der Waals surface area contributed by atoms with Gasteiger partial charge in [0.15, 0.2) is 0 Å². The van der Waals surface area contributed by atoms with E-state index in [2.05, 4.69) is 42.6 Å². The highest BCUT2D eigenvalue weighted by Gasteiger charge is 2.39. The maximum atomic E-state index is 13.6. The van der Waals surface area contributed by atoms with Gasteiger partial charge in [-0.05, 0) is 49.9 Å². The lowest BCUT2D eigenvalue weighted by molar-refractivity contribution is -0.150. The SMILES string of the molecule is CC(C)C[C@@H]1NCCN([C@@H](CC(C)C)C(=O)N2CCC(CCc3nccn3C)CC2)C1=O. The molecule has 0 radical (unpaired) electrons. The highest BCUT2D eigenvalue weighted by atomic mass is 16.2. The lowest BCUT2D eigenvalue weighted by Gasteiger charge is -2.42. The van der Waals surface area contributed by atoms with E-state index in [1.165, 1.54) is 0 Å². The van der Waals surface area contributed by atoms with Crippen LogP contribution in [0.5, 0.6) is 0 Å². The van der Waals surface area contributed by atoms with Crippen LogP contribution in [0.1, 0.15) is 65.6 Å². The molecule has 3 rings (SSSR count). The molecule has 2 aliphatic heterocycles. The van der Waals surface area contributed by atoms with Crippen molar-refractivity contribution in [2.24, 2.45) is 24.8 Å². The molecule has 7 nitrogen and oxygen atoms in total. The zero-order valence-electron chi connectivity index (χ0n) is 20.7. The van der Waals surface area contributed by atoms with Crippen molar-refractivity contribution in [1.29, 1.82) is 0 Å². The van der Waals surface area contributed by atoms with Gasteiger partial charge in [0.1, 0.15) is 11.9 Å². The molecule has 180 valence electrons. The second-order valence-electron chi connectivity index (χ2n) is 10.6. The van der Waals surface area contributed by atoms with E-state index in [1.807, 2.05) is 29.2 Å². The standard InChI is InChI=1S/C25H43N5O2/c1-18(2)16-21-24(31)30(15-11-26-21)22(17-19(3)4)25(32)29-12-8-20(9-13-29)6-7-23-27-10-14-28(23)5/h10,14,18-22,26H,6-9,11-13,15-17H2,1-5H3/t21-,22-/m0/s1. The Morgan fingerprint density at radius 2 is 1.88 bits per heavy atom. The van der Waals surface area contributed by atoms with Crippen LogP contribution in [0.15, 0.2) is 12.4 Å². The molecule has 7 heteroatoms. The van der Waals surface area contributed by atoms with Crippen molar-refractivity contribution < 1.29 is 9.59 Å². The summed E-state index contributed by atoms with van der Waals surface area (Å²) in [4.78, 5) is 35.2. The molecule has 0 saturated carbocycles. The molecule has 0 spiro atoms. The number of likely N-dealkylation sites (tertiary alicyclic amines) is 1. The van der Waals surface area contributed by atoms with Gasteiger partial charge in [-0.25, -0.2) is 4.98 Å². The van der Waals surface area contributed by atoms with E-state index < -0.39 is 0 Å². The molecule has 0 bridgehead atoms. The average Bonchev–Trinajstić information content (AvgIpc) is 3.16. The normalized spacial score (nSPS) is 21.6. The number of piperidine rings is 1. The van der Waals surface area contributed by atoms with Gasteiger partial charge in [-0.15, -0.1) is 0 Å². The number of rotatable bonds is 9. The fourth-order valence-electron chi connectivity index (χ4n) is 5.15. The number of aryl methyl sites for hydroxylation is 2. The van der Waals surface area contributed by atoms with E-state index in [-0.39, 0.29) is 23.9 Å². The van der Waals surface area contributed by atoms with Crippen molar-refractivity contribution in [1.82, 2.24) is 24.7 Å². The van der Waals surface area contributed by atoms with Gasteiger partial charge in [-0.2, -0.15) is 0 Å². The van der Waals surface area contributed by atoms with Crippen LogP contribution in [0, 0.1) is 17.8 Å². The Bertz CT molecular complexity index is 751. The maximum absolute atomic E-state index is 13.6. The van der Waals surface area contributed by atoms with E-state index >= 15 is 0 Å². The second kappa shape index (κ2) is 11.3. The smallest absolute Gasteiger partial charge is 0.245 e. The summed E-state index contributed by atoms with van der Waals surface area (Å²) < 4.78 is 2.09. The lowest BCUT2D eigenvalue weighted by Crippen LogP contribution is -2.62. The predicted octanol–water partition coefficient (Wildman–Crippen LogP) is 2.85. The molecule has 0 aromatic carbocycles. The third-order valence-corrected chi connectivity index (χ3v) is 7.01. The Labute approximate surface area is 193 Å². The summed E-state index contributed by atoms with van der Waals surface area (Å²) in [5.74, 6) is 2.84. The minimum atomic E-state index is -0.330. The maximum Gasteiger partial charge on any atom is 0.245 e. The van der Waals surface area contributed by atoms with Gasteiger partial charge in [-0.1, -0.05) is 27.7 Å². The Hall–Kier alpha value is -1.89. The topological polar surface area (TPSA) is 70.5 Å². The number of hydrogen-bond acceptors (Lipinski definition) is 4. The van der Waals surface area contributed by atoms with Gasteiger partial charge < -0.3 is 19.7 Å². The number of carbonyl (C=O) groups excluding carboxylic acids is 2. The van der Waals surface area contributed by atoms with Crippen molar-refractivity contribution in [2.75, 3.05) is 26.2 Å². The monoisotopic (exact) mass is 445 g/mol. The first kappa shape index (κ1) is 24.7. The first-order valence-electron chi connectivity index (χ1n) is 12.5. The number of hydrogen-bond donors (Lipinski definition) is 1. The molecule has 2 atom stereocenters. The number of piperazine rings is 1. The van der Waals surface area contributed by atoms with Crippen LogP contribution in [0.4, 0.5) is 0 Å². The molecule has 3 heterocycles. The van der Waals surface area contributed by atoms with E-state index in [9.17, 15) is 9.59 Å². The van der Waals surface area contributed by atoms with Gasteiger partial charge in [0.05, 0.1) is 6.04 Å². The summed E-state index contributed by atoms with van der Waals surface area (Å²) >= 11 is 0. The number of imidazole rings is 1. The Morgan fingerprint density at radius 1 is 1.16 bits per heavy atom. The summed E-state index contributed by atoms with van der Waals surface area (Å²) in [6.45, 7) is 11.6. The number of nitrogens with one attached hydrogen (secondary N) is 1. The molecule has 2 aliphatic rings. The quantitative estimate of drug-likeness (QED) is 0.635. The molecule has 1 aromatic rings. The van der Waals surface area contributed by atoms with Crippen LogP contribution >= 0.6 is 0 Å². The van der Waals surface area contributed by atoms with Gasteiger partial charge in [-0.3, -0.25) is 9.59 Å². The highest BCUT2D eigenvalue weighted by molar-refractivity contribution is 5.90. The third kappa shape index (κ3) is 6.33. The fourth-order valence-corrected chi connectivity index (χ4v) is 5.15. The molecule has 0 aliphatic carbocycles. The van der Waals surface area contributed by atoms with Crippen LogP contribution in [0.25, 0.3) is 0 Å². The number of nitrogens with zero attached hydrogens (tertiary/aromatic N) is 4. The minimum absolute atomic E-state index is 0.105. The summed E-state index contributed by atoms with van der Waals surface area (Å²) in [6, 6.07) is -0.494. The fraction of sp³-hybridized carbons (Fsp3) is 0.800. The molecule has 2 saturated heterocycles. The predicted molar refractivity (Wildman–Crippen MR) is 127 cm³/mol. The first-order chi connectivity index (χ1) is 15.3. The van der Waals surface area contributed by atoms with Crippen LogP contribution in [0.2, 0.25) is 0 Å². The largest absolute Gasteiger partial charge is 0.341 e. The average molecular weight is 446 g/mol. The van der Waals surface area contributed by atoms with Gasteiger partial charge >= 0.3 is 0 Å². The van der Waals surface area contributed by atoms with Crippen molar-refractivity contribution in [2.45, 2.75) is 78.3 Å². The number of aromatic nitrogens is 2. The first-order valence-corrected chi connectivity index (χ1v) is 12.5. The van der Waals surface area contributed by atoms with Crippen molar-refractivity contribution in [3.8, 4) is 0 Å². The highest BCUT2D eigenvalue weighted by Crippen LogP contribution is 2.25. The van der Waals surface area contributed by atoms with Gasteiger partial charge in [0.25, 0.3) is 0 Å². The van der Waals surface area contributed by atoms with E-state index in [0.29, 0.717) is 24.3 Å². The van der Waals surface area contributed by atoms with Gasteiger partial charge in [0.2, 0.25) is 11.8 Å². The van der Waals surface area contributed by atoms with Crippen LogP contribution in [-0.2, 0) is 23.1 Å². The Kier molecular flexibility index (Phi) is 8.74. The number of carbonyl (C=O) groups is 2. The summed E-state index contributed by atoms with van der Waals surface area (Å²) in [5.41, 5.74) is 0. The molecular weight excluding hydrogens is 402 g/mol. The zero-order valence-corrected chi connectivity index (χ0v) is 20.7. The minimum Gasteiger partial charge on any atom is -0.341 e. The zero-order chi connectivity index (χ0) is 23.3. The summed E-state index contributed by atoms with van der Waals surface area (Å²) in [6.07, 6.45) is 9.59. The van der Waals surface area contributed by atoms with E-state index in [1.54, 1.807) is 0 Å². The van der Waals surface area contributed by atoms with Crippen molar-refractivity contribution in [3.63, 3.8) is 0 Å². The molecule has 1 aromatic heterocycles. The number of amides is 2. The van der Waals surface area contributed by atoms with Crippen molar-refractivity contribution in [3.05, 3.63) is 18.2 Å². The Balaban J connectivity index is 1.58. The van der Waals surface area contributed by atoms with Crippen LogP contribution < -0.4 is 5.32 Å². The van der Waals surface area contributed by atoms with E-state index in [4.69, 9.17) is 0 Å². The van der Waals surface area contributed by atoms with Crippen LogP contribution in [0.3, 0.4) is 0 Å². The third-order valence-electron chi connectivity index (χ3n) is 7.01. The summed E-state index contributed by atoms with van der Waals surface area (Å²) in [5, 5.41) is 3.37. The molecule has 2 fully saturated rings. The van der Waals surface area contributed by atoms with Crippen LogP contribution in [-0.4, -0.2) is 69.4 Å². The van der Waals surface area contributed by atoms with Crippen molar-refractivity contribution >= 4 is 11.8 Å². The molecular formula is C25H43N5O2. The molecule has 0 unspecified atom stereocenters. The lowest BCUT2D eigenvalue weighted by atomic mass is 9.91. The molecule has 2 amide bonds. The van der Waals surface area contributed by atoms with Gasteiger partial charge in [0, 0.05) is 52.0 Å². The van der Waals surface area contributed by atoms with E-state index in [0.717, 1.165) is 64.0 Å². The summed E-state index contributed by atoms with van der Waals surface area (Å²) in [7, 11) is 2.04. The second-order valence-corrected chi connectivity index (χ2v) is 10.6. The Morgan fingerprint density at radius 3 is 2.47 bits per heavy atom.